The quantitative estimate of drug-likeness (QED) is 0.824. The van der Waals surface area contributed by atoms with E-state index < -0.39 is 0 Å². The molecule has 6 heteroatoms. The van der Waals surface area contributed by atoms with E-state index in [4.69, 9.17) is 21.1 Å². The summed E-state index contributed by atoms with van der Waals surface area (Å²) < 4.78 is 13.5. The molecule has 0 radical (unpaired) electrons. The molecule has 138 valence electrons. The Morgan fingerprint density at radius 3 is 2.73 bits per heavy atom. The molecule has 1 spiro atoms. The monoisotopic (exact) mass is 373 g/mol. The zero-order valence-electron chi connectivity index (χ0n) is 15.0. The van der Waals surface area contributed by atoms with Crippen LogP contribution in [0.3, 0.4) is 0 Å². The zero-order chi connectivity index (χ0) is 17.7. The first-order valence-electron chi connectivity index (χ1n) is 9.40. The highest BCUT2D eigenvalue weighted by Crippen LogP contribution is 2.46. The number of fused-ring (bicyclic) bond motifs is 1. The summed E-state index contributed by atoms with van der Waals surface area (Å²) in [6.07, 6.45) is 4.65. The summed E-state index contributed by atoms with van der Waals surface area (Å²) in [7, 11) is 1.97. The topological polar surface area (TPSA) is 39.5 Å². The number of halogens is 1. The van der Waals surface area contributed by atoms with Crippen LogP contribution in [0, 0.1) is 5.92 Å². The Labute approximate surface area is 158 Å². The third-order valence-electron chi connectivity index (χ3n) is 6.13. The van der Waals surface area contributed by atoms with Gasteiger partial charge in [-0.05, 0) is 17.0 Å². The molecule has 0 N–H and O–H groups in total. The van der Waals surface area contributed by atoms with Gasteiger partial charge in [-0.1, -0.05) is 35.9 Å². The fourth-order valence-electron chi connectivity index (χ4n) is 4.82. The summed E-state index contributed by atoms with van der Waals surface area (Å²) in [4.78, 5) is 2.60. The first kappa shape index (κ1) is 16.8. The molecular weight excluding hydrogens is 350 g/mol. The van der Waals surface area contributed by atoms with Gasteiger partial charge in [-0.3, -0.25) is 9.58 Å². The van der Waals surface area contributed by atoms with Crippen molar-refractivity contribution in [2.75, 3.05) is 19.8 Å². The summed E-state index contributed by atoms with van der Waals surface area (Å²) in [5, 5.41) is 5.07. The van der Waals surface area contributed by atoms with Gasteiger partial charge in [0.2, 0.25) is 0 Å². The molecule has 3 aliphatic rings. The molecule has 2 aromatic rings. The number of rotatable bonds is 4. The maximum Gasteiger partial charge on any atom is 0.169 e. The van der Waals surface area contributed by atoms with Crippen molar-refractivity contribution in [3.8, 4) is 0 Å². The Morgan fingerprint density at radius 1 is 1.23 bits per heavy atom. The van der Waals surface area contributed by atoms with Crippen LogP contribution in [0.2, 0.25) is 5.02 Å². The van der Waals surface area contributed by atoms with Crippen LogP contribution >= 0.6 is 11.6 Å². The van der Waals surface area contributed by atoms with Crippen molar-refractivity contribution in [1.29, 1.82) is 0 Å². The van der Waals surface area contributed by atoms with Crippen molar-refractivity contribution in [3.05, 3.63) is 52.3 Å². The van der Waals surface area contributed by atoms with Gasteiger partial charge in [0.05, 0.1) is 30.1 Å². The van der Waals surface area contributed by atoms with Crippen molar-refractivity contribution >= 4 is 11.6 Å². The fourth-order valence-corrected chi connectivity index (χ4v) is 5.07. The van der Waals surface area contributed by atoms with Gasteiger partial charge in [-0.25, -0.2) is 0 Å². The average Bonchev–Trinajstić information content (AvgIpc) is 3.29. The number of hydrogen-bond acceptors (Lipinski definition) is 4. The van der Waals surface area contributed by atoms with Crippen molar-refractivity contribution < 1.29 is 9.47 Å². The maximum atomic E-state index is 6.39. The predicted octanol–water partition coefficient (Wildman–Crippen LogP) is 3.33. The van der Waals surface area contributed by atoms with E-state index in [0.717, 1.165) is 56.3 Å². The van der Waals surface area contributed by atoms with E-state index >= 15 is 0 Å². The molecule has 5 rings (SSSR count). The van der Waals surface area contributed by atoms with Crippen molar-refractivity contribution in [2.45, 2.75) is 37.6 Å². The van der Waals surface area contributed by atoms with E-state index in [1.165, 1.54) is 11.1 Å². The summed E-state index contributed by atoms with van der Waals surface area (Å²) in [5.41, 5.74) is 3.95. The van der Waals surface area contributed by atoms with Gasteiger partial charge in [0.1, 0.15) is 0 Å². The maximum absolute atomic E-state index is 6.39. The van der Waals surface area contributed by atoms with E-state index in [9.17, 15) is 0 Å². The summed E-state index contributed by atoms with van der Waals surface area (Å²) in [5.74, 6) is 0.366. The Kier molecular flexibility index (Phi) is 4.09. The number of aromatic nitrogens is 2. The number of benzene rings is 1. The van der Waals surface area contributed by atoms with Crippen LogP contribution in [-0.2, 0) is 29.5 Å². The highest BCUT2D eigenvalue weighted by Gasteiger charge is 2.50. The first-order chi connectivity index (χ1) is 12.6. The van der Waals surface area contributed by atoms with Gasteiger partial charge in [0.15, 0.2) is 5.79 Å². The third-order valence-corrected chi connectivity index (χ3v) is 6.45. The Bertz CT molecular complexity index is 788. The molecular formula is C20H24ClN3O2. The predicted molar refractivity (Wildman–Crippen MR) is 98.9 cm³/mol. The van der Waals surface area contributed by atoms with Crippen molar-refractivity contribution in [2.24, 2.45) is 13.0 Å². The van der Waals surface area contributed by atoms with Crippen LogP contribution in [0.15, 0.2) is 30.5 Å². The highest BCUT2D eigenvalue weighted by atomic mass is 35.5. The molecule has 0 amide bonds. The fraction of sp³-hybridized carbons (Fsp3) is 0.550. The molecule has 26 heavy (non-hydrogen) atoms. The summed E-state index contributed by atoms with van der Waals surface area (Å²) >= 11 is 6.39. The lowest BCUT2D eigenvalue weighted by atomic mass is 9.78. The lowest BCUT2D eigenvalue weighted by Crippen LogP contribution is -2.48. The molecule has 1 aromatic heterocycles. The minimum absolute atomic E-state index is 0.266. The van der Waals surface area contributed by atoms with Crippen LogP contribution in [0.5, 0.6) is 0 Å². The molecule has 1 atom stereocenters. The number of hydrogen-bond donors (Lipinski definition) is 0. The Hall–Kier alpha value is -1.40. The van der Waals surface area contributed by atoms with Gasteiger partial charge in [0, 0.05) is 45.4 Å². The van der Waals surface area contributed by atoms with Crippen LogP contribution in [-0.4, -0.2) is 40.2 Å². The van der Waals surface area contributed by atoms with E-state index in [1.54, 1.807) is 6.20 Å². The van der Waals surface area contributed by atoms with Crippen LogP contribution in [0.1, 0.15) is 35.7 Å². The first-order valence-corrected chi connectivity index (χ1v) is 9.77. The zero-order valence-corrected chi connectivity index (χ0v) is 15.8. The second-order valence-corrected chi connectivity index (χ2v) is 8.20. The molecule has 5 nitrogen and oxygen atoms in total. The van der Waals surface area contributed by atoms with Crippen LogP contribution < -0.4 is 0 Å². The standard InChI is InChI=1S/C20H24ClN3O2/c1-23-19(17(21)11-22-23)8-18-16-5-3-2-4-15(16)13-24(18)12-14-9-20(10-14)25-6-7-26-20/h2-5,11,14,18H,6-10,12-13H2,1H3. The van der Waals surface area contributed by atoms with Crippen LogP contribution in [0.25, 0.3) is 0 Å². The van der Waals surface area contributed by atoms with Crippen molar-refractivity contribution in [1.82, 2.24) is 14.7 Å². The molecule has 1 aromatic carbocycles. The van der Waals surface area contributed by atoms with E-state index in [0.29, 0.717) is 12.0 Å². The SMILES string of the molecule is Cn1ncc(Cl)c1CC1c2ccccc2CN1CC1CC2(C1)OCCO2. The number of nitrogens with zero attached hydrogens (tertiary/aromatic N) is 3. The molecule has 1 unspecified atom stereocenters. The Morgan fingerprint density at radius 2 is 2.00 bits per heavy atom. The molecule has 0 bridgehead atoms. The third kappa shape index (κ3) is 2.78. The van der Waals surface area contributed by atoms with Crippen LogP contribution in [0.4, 0.5) is 0 Å². The smallest absolute Gasteiger partial charge is 0.169 e. The molecule has 2 aliphatic heterocycles. The van der Waals surface area contributed by atoms with Gasteiger partial charge in [-0.2, -0.15) is 5.10 Å². The summed E-state index contributed by atoms with van der Waals surface area (Å²) in [6, 6.07) is 9.13. The molecule has 2 fully saturated rings. The lowest BCUT2D eigenvalue weighted by Gasteiger charge is -2.45. The largest absolute Gasteiger partial charge is 0.348 e. The number of aryl methyl sites for hydroxylation is 1. The van der Waals surface area contributed by atoms with E-state index in [1.807, 2.05) is 11.7 Å². The number of ether oxygens (including phenoxy) is 2. The van der Waals surface area contributed by atoms with Gasteiger partial charge in [-0.15, -0.1) is 0 Å². The second kappa shape index (κ2) is 6.34. The van der Waals surface area contributed by atoms with Gasteiger partial charge < -0.3 is 9.47 Å². The summed E-state index contributed by atoms with van der Waals surface area (Å²) in [6.45, 7) is 3.55. The second-order valence-electron chi connectivity index (χ2n) is 7.79. The van der Waals surface area contributed by atoms with E-state index in [2.05, 4.69) is 34.3 Å². The minimum Gasteiger partial charge on any atom is -0.348 e. The van der Waals surface area contributed by atoms with E-state index in [-0.39, 0.29) is 5.79 Å². The lowest BCUT2D eigenvalue weighted by molar-refractivity contribution is -0.233. The molecule has 3 heterocycles. The van der Waals surface area contributed by atoms with Crippen molar-refractivity contribution in [3.63, 3.8) is 0 Å². The minimum atomic E-state index is -0.266. The molecule has 1 saturated heterocycles. The highest BCUT2D eigenvalue weighted by molar-refractivity contribution is 6.31. The normalized spacial score (nSPS) is 24.9. The van der Waals surface area contributed by atoms with Gasteiger partial charge >= 0.3 is 0 Å². The Balaban J connectivity index is 1.35. The van der Waals surface area contributed by atoms with Gasteiger partial charge in [0.25, 0.3) is 0 Å². The molecule has 1 saturated carbocycles. The molecule has 1 aliphatic carbocycles. The average molecular weight is 374 g/mol.